The van der Waals surface area contributed by atoms with Crippen LogP contribution in [0, 0.1) is 5.92 Å². The van der Waals surface area contributed by atoms with Gasteiger partial charge in [-0.05, 0) is 65.1 Å². The lowest BCUT2D eigenvalue weighted by Crippen LogP contribution is -2.53. The summed E-state index contributed by atoms with van der Waals surface area (Å²) in [6.45, 7) is 3.55. The first-order valence-corrected chi connectivity index (χ1v) is 13.6. The SMILES string of the molecule is CC(C)CN(CC(O)C(=O)O)C(=O)N[C@@H](Cc1ccc(-c2ccccc2)cc1)C(=O)Oc1ccc2c(c1)CCC2. The molecule has 0 aromatic heterocycles. The van der Waals surface area contributed by atoms with Crippen molar-refractivity contribution >= 4 is 18.0 Å². The van der Waals surface area contributed by atoms with E-state index in [1.54, 1.807) is 6.07 Å². The Morgan fingerprint density at radius 1 is 0.900 bits per heavy atom. The summed E-state index contributed by atoms with van der Waals surface area (Å²) in [5.74, 6) is -1.62. The van der Waals surface area contributed by atoms with Crippen LogP contribution in [-0.4, -0.2) is 58.3 Å². The van der Waals surface area contributed by atoms with E-state index in [2.05, 4.69) is 5.32 Å². The van der Waals surface area contributed by atoms with Gasteiger partial charge in [-0.15, -0.1) is 0 Å². The van der Waals surface area contributed by atoms with Crippen molar-refractivity contribution in [1.29, 1.82) is 0 Å². The molecule has 2 atom stereocenters. The van der Waals surface area contributed by atoms with Gasteiger partial charge in [0.25, 0.3) is 0 Å². The van der Waals surface area contributed by atoms with Gasteiger partial charge in [0, 0.05) is 13.0 Å². The molecule has 0 fully saturated rings. The Labute approximate surface area is 234 Å². The quantitative estimate of drug-likeness (QED) is 0.242. The highest BCUT2D eigenvalue weighted by atomic mass is 16.5. The lowest BCUT2D eigenvalue weighted by Gasteiger charge is -2.28. The van der Waals surface area contributed by atoms with Crippen LogP contribution in [0.4, 0.5) is 4.79 Å². The molecule has 0 heterocycles. The first kappa shape index (κ1) is 28.8. The first-order valence-electron chi connectivity index (χ1n) is 13.6. The first-order chi connectivity index (χ1) is 19.2. The van der Waals surface area contributed by atoms with E-state index in [-0.39, 0.29) is 18.9 Å². The molecule has 3 N–H and O–H groups in total. The van der Waals surface area contributed by atoms with Crippen LogP contribution in [0.25, 0.3) is 11.1 Å². The Bertz CT molecular complexity index is 1320. The van der Waals surface area contributed by atoms with Crippen molar-refractivity contribution in [2.24, 2.45) is 5.92 Å². The number of carboxylic acids is 1. The average Bonchev–Trinajstić information content (AvgIpc) is 3.41. The minimum Gasteiger partial charge on any atom is -0.479 e. The molecule has 40 heavy (non-hydrogen) atoms. The van der Waals surface area contributed by atoms with Gasteiger partial charge in [-0.1, -0.05) is 74.5 Å². The van der Waals surface area contributed by atoms with Crippen molar-refractivity contribution < 1.29 is 29.3 Å². The van der Waals surface area contributed by atoms with E-state index in [4.69, 9.17) is 9.84 Å². The summed E-state index contributed by atoms with van der Waals surface area (Å²) in [5, 5.41) is 21.8. The highest BCUT2D eigenvalue weighted by Gasteiger charge is 2.29. The molecule has 0 saturated carbocycles. The summed E-state index contributed by atoms with van der Waals surface area (Å²) in [6.07, 6.45) is 1.44. The number of aryl methyl sites for hydroxylation is 2. The van der Waals surface area contributed by atoms with Crippen molar-refractivity contribution in [2.45, 2.75) is 51.7 Å². The third-order valence-electron chi connectivity index (χ3n) is 6.92. The molecule has 1 aliphatic carbocycles. The summed E-state index contributed by atoms with van der Waals surface area (Å²) in [5.41, 5.74) is 5.32. The van der Waals surface area contributed by atoms with Gasteiger partial charge in [0.15, 0.2) is 6.10 Å². The Morgan fingerprint density at radius 2 is 1.57 bits per heavy atom. The van der Waals surface area contributed by atoms with Gasteiger partial charge >= 0.3 is 18.0 Å². The van der Waals surface area contributed by atoms with E-state index in [9.17, 15) is 19.5 Å². The smallest absolute Gasteiger partial charge is 0.334 e. The maximum absolute atomic E-state index is 13.4. The van der Waals surface area contributed by atoms with Crippen molar-refractivity contribution in [3.63, 3.8) is 0 Å². The maximum Gasteiger partial charge on any atom is 0.334 e. The number of aliphatic hydroxyl groups excluding tert-OH is 1. The van der Waals surface area contributed by atoms with Gasteiger partial charge < -0.3 is 25.2 Å². The number of rotatable bonds is 11. The molecule has 8 nitrogen and oxygen atoms in total. The number of carboxylic acid groups (broad SMARTS) is 1. The van der Waals surface area contributed by atoms with Gasteiger partial charge in [0.05, 0.1) is 6.54 Å². The predicted octanol–water partition coefficient (Wildman–Crippen LogP) is 4.47. The van der Waals surface area contributed by atoms with E-state index >= 15 is 0 Å². The van der Waals surface area contributed by atoms with Crippen LogP contribution < -0.4 is 10.1 Å². The second-order valence-corrected chi connectivity index (χ2v) is 10.6. The van der Waals surface area contributed by atoms with Crippen LogP contribution in [-0.2, 0) is 28.9 Å². The van der Waals surface area contributed by atoms with Crippen molar-refractivity contribution in [3.8, 4) is 16.9 Å². The van der Waals surface area contributed by atoms with Gasteiger partial charge in [0.2, 0.25) is 0 Å². The monoisotopic (exact) mass is 544 g/mol. The third kappa shape index (κ3) is 7.70. The second kappa shape index (κ2) is 13.3. The normalized spacial score (nSPS) is 13.8. The molecule has 0 aliphatic heterocycles. The molecule has 2 amide bonds. The Hall–Kier alpha value is -4.17. The Balaban J connectivity index is 1.54. The van der Waals surface area contributed by atoms with E-state index in [0.717, 1.165) is 41.5 Å². The molecule has 0 radical (unpaired) electrons. The number of esters is 1. The zero-order chi connectivity index (χ0) is 28.6. The minimum atomic E-state index is -1.74. The number of carbonyl (C=O) groups is 3. The average molecular weight is 545 g/mol. The molecule has 0 bridgehead atoms. The largest absolute Gasteiger partial charge is 0.479 e. The topological polar surface area (TPSA) is 116 Å². The lowest BCUT2D eigenvalue weighted by molar-refractivity contribution is -0.147. The summed E-state index contributed by atoms with van der Waals surface area (Å²) in [6, 6.07) is 21.6. The number of ether oxygens (including phenoxy) is 1. The lowest BCUT2D eigenvalue weighted by atomic mass is 10.0. The highest BCUT2D eigenvalue weighted by molar-refractivity contribution is 5.85. The van der Waals surface area contributed by atoms with Crippen LogP contribution in [0.5, 0.6) is 5.75 Å². The molecule has 4 rings (SSSR count). The number of amides is 2. The van der Waals surface area contributed by atoms with E-state index in [1.807, 2.05) is 80.6 Å². The zero-order valence-corrected chi connectivity index (χ0v) is 22.9. The Morgan fingerprint density at radius 3 is 2.25 bits per heavy atom. The zero-order valence-electron chi connectivity index (χ0n) is 22.9. The van der Waals surface area contributed by atoms with Crippen LogP contribution >= 0.6 is 0 Å². The summed E-state index contributed by atoms with van der Waals surface area (Å²) in [7, 11) is 0. The number of hydrogen-bond acceptors (Lipinski definition) is 5. The fraction of sp³-hybridized carbons (Fsp3) is 0.344. The highest BCUT2D eigenvalue weighted by Crippen LogP contribution is 2.26. The molecule has 0 saturated heterocycles. The summed E-state index contributed by atoms with van der Waals surface area (Å²) < 4.78 is 5.73. The van der Waals surface area contributed by atoms with Crippen LogP contribution in [0.1, 0.15) is 37.0 Å². The number of fused-ring (bicyclic) bond motifs is 1. The molecule has 3 aromatic carbocycles. The van der Waals surface area contributed by atoms with Gasteiger partial charge in [-0.2, -0.15) is 0 Å². The minimum absolute atomic E-state index is 0.00842. The fourth-order valence-corrected chi connectivity index (χ4v) is 4.90. The third-order valence-corrected chi connectivity index (χ3v) is 6.92. The molecule has 0 spiro atoms. The number of nitrogens with one attached hydrogen (secondary N) is 1. The molecular weight excluding hydrogens is 508 g/mol. The summed E-state index contributed by atoms with van der Waals surface area (Å²) >= 11 is 0. The number of benzene rings is 3. The van der Waals surface area contributed by atoms with E-state index in [0.29, 0.717) is 5.75 Å². The fourth-order valence-electron chi connectivity index (χ4n) is 4.90. The Kier molecular flexibility index (Phi) is 9.56. The van der Waals surface area contributed by atoms with Gasteiger partial charge in [0.1, 0.15) is 11.8 Å². The number of hydrogen-bond donors (Lipinski definition) is 3. The van der Waals surface area contributed by atoms with Crippen molar-refractivity contribution in [2.75, 3.05) is 13.1 Å². The van der Waals surface area contributed by atoms with Crippen LogP contribution in [0.15, 0.2) is 72.8 Å². The molecule has 210 valence electrons. The second-order valence-electron chi connectivity index (χ2n) is 10.6. The van der Waals surface area contributed by atoms with E-state index in [1.165, 1.54) is 10.5 Å². The number of aliphatic carboxylic acids is 1. The van der Waals surface area contributed by atoms with E-state index < -0.39 is 36.7 Å². The number of carbonyl (C=O) groups excluding carboxylic acids is 2. The standard InChI is InChI=1S/C32H36N2O6/c1-21(2)19-34(20-29(35)30(36)37)32(39)33-28(31(38)40-27-16-15-24-9-6-10-26(24)18-27)17-22-11-13-25(14-12-22)23-7-4-3-5-8-23/h3-5,7-8,11-16,18,21,28-29,35H,6,9-10,17,19-20H2,1-2H3,(H,33,39)(H,36,37)/t28-,29?/m0/s1. The molecule has 1 unspecified atom stereocenters. The predicted molar refractivity (Wildman–Crippen MR) is 152 cm³/mol. The van der Waals surface area contributed by atoms with Crippen LogP contribution in [0.3, 0.4) is 0 Å². The number of urea groups is 1. The molecule has 8 heteroatoms. The molecule has 1 aliphatic rings. The van der Waals surface area contributed by atoms with Gasteiger partial charge in [-0.25, -0.2) is 14.4 Å². The number of nitrogens with zero attached hydrogens (tertiary/aromatic N) is 1. The van der Waals surface area contributed by atoms with Crippen molar-refractivity contribution in [3.05, 3.63) is 89.5 Å². The van der Waals surface area contributed by atoms with Crippen molar-refractivity contribution in [1.82, 2.24) is 10.2 Å². The number of aliphatic hydroxyl groups is 1. The van der Waals surface area contributed by atoms with Gasteiger partial charge in [-0.3, -0.25) is 0 Å². The van der Waals surface area contributed by atoms with Crippen LogP contribution in [0.2, 0.25) is 0 Å². The molecule has 3 aromatic rings. The molecular formula is C32H36N2O6. The summed E-state index contributed by atoms with van der Waals surface area (Å²) in [4.78, 5) is 39.2. The maximum atomic E-state index is 13.4.